The molecule has 96 valence electrons. The third kappa shape index (κ3) is 3.30. The number of hydrogen-bond acceptors (Lipinski definition) is 3. The van der Waals surface area contributed by atoms with Gasteiger partial charge in [-0.15, -0.1) is 0 Å². The standard InChI is InChI=1S/C13H23N3O/c1-11-15-7-8-16(11)9-10-17-13-6-4-3-5-12(13)14-2/h7-8,12-14H,3-6,9-10H2,1-2H3. The molecule has 4 heteroatoms. The van der Waals surface area contributed by atoms with Crippen molar-refractivity contribution in [1.82, 2.24) is 14.9 Å². The molecule has 2 atom stereocenters. The van der Waals surface area contributed by atoms with Crippen LogP contribution in [0.2, 0.25) is 0 Å². The first kappa shape index (κ1) is 12.6. The summed E-state index contributed by atoms with van der Waals surface area (Å²) in [6.07, 6.45) is 9.29. The first-order chi connectivity index (χ1) is 8.31. The Labute approximate surface area is 103 Å². The first-order valence-corrected chi connectivity index (χ1v) is 6.58. The smallest absolute Gasteiger partial charge is 0.105 e. The number of rotatable bonds is 5. The number of imidazole rings is 1. The monoisotopic (exact) mass is 237 g/mol. The van der Waals surface area contributed by atoms with E-state index >= 15 is 0 Å². The van der Waals surface area contributed by atoms with Gasteiger partial charge in [-0.2, -0.15) is 0 Å². The summed E-state index contributed by atoms with van der Waals surface area (Å²) in [6.45, 7) is 3.70. The fourth-order valence-electron chi connectivity index (χ4n) is 2.57. The van der Waals surface area contributed by atoms with E-state index in [4.69, 9.17) is 4.74 Å². The summed E-state index contributed by atoms with van der Waals surface area (Å²) >= 11 is 0. The quantitative estimate of drug-likeness (QED) is 0.848. The van der Waals surface area contributed by atoms with Gasteiger partial charge >= 0.3 is 0 Å². The molecule has 1 aliphatic carbocycles. The van der Waals surface area contributed by atoms with E-state index in [0.717, 1.165) is 19.0 Å². The number of aryl methyl sites for hydroxylation is 1. The van der Waals surface area contributed by atoms with E-state index in [1.165, 1.54) is 25.7 Å². The van der Waals surface area contributed by atoms with Gasteiger partial charge in [0.05, 0.1) is 12.7 Å². The van der Waals surface area contributed by atoms with Crippen molar-refractivity contribution >= 4 is 0 Å². The van der Waals surface area contributed by atoms with E-state index in [1.54, 1.807) is 0 Å². The number of likely N-dealkylation sites (N-methyl/N-ethyl adjacent to an activating group) is 1. The van der Waals surface area contributed by atoms with E-state index in [9.17, 15) is 0 Å². The second kappa shape index (κ2) is 6.17. The van der Waals surface area contributed by atoms with Crippen molar-refractivity contribution in [3.05, 3.63) is 18.2 Å². The highest BCUT2D eigenvalue weighted by atomic mass is 16.5. The molecule has 1 heterocycles. The Kier molecular flexibility index (Phi) is 4.57. The molecule has 0 radical (unpaired) electrons. The summed E-state index contributed by atoms with van der Waals surface area (Å²) in [7, 11) is 2.03. The van der Waals surface area contributed by atoms with Gasteiger partial charge in [-0.1, -0.05) is 12.8 Å². The van der Waals surface area contributed by atoms with Gasteiger partial charge < -0.3 is 14.6 Å². The zero-order chi connectivity index (χ0) is 12.1. The number of aromatic nitrogens is 2. The minimum atomic E-state index is 0.387. The average molecular weight is 237 g/mol. The summed E-state index contributed by atoms with van der Waals surface area (Å²) in [4.78, 5) is 4.21. The summed E-state index contributed by atoms with van der Waals surface area (Å²) in [5.41, 5.74) is 0. The number of nitrogens with zero attached hydrogens (tertiary/aromatic N) is 2. The number of hydrogen-bond donors (Lipinski definition) is 1. The van der Waals surface area contributed by atoms with Crippen LogP contribution in [0.3, 0.4) is 0 Å². The third-order valence-electron chi connectivity index (χ3n) is 3.66. The maximum absolute atomic E-state index is 6.00. The Hall–Kier alpha value is -0.870. The van der Waals surface area contributed by atoms with Crippen LogP contribution in [0.25, 0.3) is 0 Å². The Bertz CT molecular complexity index is 337. The highest BCUT2D eigenvalue weighted by molar-refractivity contribution is 4.88. The molecule has 4 nitrogen and oxygen atoms in total. The van der Waals surface area contributed by atoms with Crippen LogP contribution >= 0.6 is 0 Å². The topological polar surface area (TPSA) is 39.1 Å². The lowest BCUT2D eigenvalue weighted by molar-refractivity contribution is 0.00325. The van der Waals surface area contributed by atoms with Crippen LogP contribution in [-0.2, 0) is 11.3 Å². The van der Waals surface area contributed by atoms with Crippen LogP contribution in [-0.4, -0.2) is 35.4 Å². The van der Waals surface area contributed by atoms with Crippen LogP contribution < -0.4 is 5.32 Å². The number of ether oxygens (including phenoxy) is 1. The minimum absolute atomic E-state index is 0.387. The molecule has 0 amide bonds. The van der Waals surface area contributed by atoms with Crippen LogP contribution in [0.1, 0.15) is 31.5 Å². The zero-order valence-corrected chi connectivity index (χ0v) is 10.9. The van der Waals surface area contributed by atoms with Gasteiger partial charge in [-0.25, -0.2) is 4.98 Å². The molecule has 0 aromatic carbocycles. The van der Waals surface area contributed by atoms with Crippen molar-refractivity contribution in [3.8, 4) is 0 Å². The van der Waals surface area contributed by atoms with E-state index < -0.39 is 0 Å². The summed E-state index contributed by atoms with van der Waals surface area (Å²) < 4.78 is 8.14. The molecule has 1 aromatic rings. The SMILES string of the molecule is CNC1CCCCC1OCCn1ccnc1C. The molecular weight excluding hydrogens is 214 g/mol. The molecule has 0 bridgehead atoms. The van der Waals surface area contributed by atoms with Gasteiger partial charge in [0.2, 0.25) is 0 Å². The van der Waals surface area contributed by atoms with Crippen molar-refractivity contribution in [3.63, 3.8) is 0 Å². The first-order valence-electron chi connectivity index (χ1n) is 6.58. The Morgan fingerprint density at radius 3 is 3.00 bits per heavy atom. The molecule has 17 heavy (non-hydrogen) atoms. The average Bonchev–Trinajstić information content (AvgIpc) is 2.76. The summed E-state index contributed by atoms with van der Waals surface area (Å²) in [5.74, 6) is 1.06. The van der Waals surface area contributed by atoms with Gasteiger partial charge in [-0.05, 0) is 26.8 Å². The lowest BCUT2D eigenvalue weighted by atomic mass is 9.92. The van der Waals surface area contributed by atoms with Crippen LogP contribution in [0, 0.1) is 6.92 Å². The van der Waals surface area contributed by atoms with Gasteiger partial charge in [0, 0.05) is 25.0 Å². The van der Waals surface area contributed by atoms with E-state index in [0.29, 0.717) is 12.1 Å². The molecule has 1 fully saturated rings. The Balaban J connectivity index is 1.75. The normalized spacial score (nSPS) is 25.1. The van der Waals surface area contributed by atoms with Crippen molar-refractivity contribution in [2.75, 3.05) is 13.7 Å². The van der Waals surface area contributed by atoms with Gasteiger partial charge in [0.25, 0.3) is 0 Å². The predicted octanol–water partition coefficient (Wildman–Crippen LogP) is 1.74. The second-order valence-electron chi connectivity index (χ2n) is 4.76. The maximum atomic E-state index is 6.00. The summed E-state index contributed by atoms with van der Waals surface area (Å²) in [5, 5.41) is 3.36. The van der Waals surface area contributed by atoms with Crippen LogP contribution in [0.4, 0.5) is 0 Å². The van der Waals surface area contributed by atoms with Crippen molar-refractivity contribution < 1.29 is 4.74 Å². The highest BCUT2D eigenvalue weighted by Gasteiger charge is 2.23. The van der Waals surface area contributed by atoms with Crippen molar-refractivity contribution in [2.24, 2.45) is 0 Å². The van der Waals surface area contributed by atoms with Crippen LogP contribution in [0.5, 0.6) is 0 Å². The zero-order valence-electron chi connectivity index (χ0n) is 10.9. The number of nitrogens with one attached hydrogen (secondary N) is 1. The minimum Gasteiger partial charge on any atom is -0.375 e. The maximum Gasteiger partial charge on any atom is 0.105 e. The fourth-order valence-corrected chi connectivity index (χ4v) is 2.57. The molecular formula is C13H23N3O. The third-order valence-corrected chi connectivity index (χ3v) is 3.66. The lowest BCUT2D eigenvalue weighted by Crippen LogP contribution is -2.42. The van der Waals surface area contributed by atoms with E-state index in [2.05, 4.69) is 14.9 Å². The fraction of sp³-hybridized carbons (Fsp3) is 0.769. The van der Waals surface area contributed by atoms with E-state index in [-0.39, 0.29) is 0 Å². The van der Waals surface area contributed by atoms with Gasteiger partial charge in [0.15, 0.2) is 0 Å². The molecule has 2 unspecified atom stereocenters. The van der Waals surface area contributed by atoms with Crippen molar-refractivity contribution in [1.29, 1.82) is 0 Å². The van der Waals surface area contributed by atoms with Crippen molar-refractivity contribution in [2.45, 2.75) is 51.3 Å². The van der Waals surface area contributed by atoms with Gasteiger partial charge in [-0.3, -0.25) is 0 Å². The molecule has 0 aliphatic heterocycles. The lowest BCUT2D eigenvalue weighted by Gasteiger charge is -2.31. The van der Waals surface area contributed by atoms with Gasteiger partial charge in [0.1, 0.15) is 5.82 Å². The molecule has 1 aliphatic rings. The largest absolute Gasteiger partial charge is 0.375 e. The molecule has 2 rings (SSSR count). The molecule has 1 saturated carbocycles. The molecule has 0 saturated heterocycles. The van der Waals surface area contributed by atoms with Crippen LogP contribution in [0.15, 0.2) is 12.4 Å². The summed E-state index contributed by atoms with van der Waals surface area (Å²) in [6, 6.07) is 0.535. The molecule has 0 spiro atoms. The Morgan fingerprint density at radius 2 is 2.29 bits per heavy atom. The molecule has 1 aromatic heterocycles. The predicted molar refractivity (Wildman–Crippen MR) is 68.0 cm³/mol. The van der Waals surface area contributed by atoms with E-state index in [1.807, 2.05) is 26.4 Å². The highest BCUT2D eigenvalue weighted by Crippen LogP contribution is 2.21. The Morgan fingerprint density at radius 1 is 1.47 bits per heavy atom. The second-order valence-corrected chi connectivity index (χ2v) is 4.76. The molecule has 1 N–H and O–H groups in total.